The summed E-state index contributed by atoms with van der Waals surface area (Å²) in [5.41, 5.74) is 6.68. The number of methoxy groups -OCH3 is 1. The SMILES string of the molecule is COc1ccc([C@@H](C)NC(=O)C2(N)CCCC(C)C2)cc1. The molecule has 1 saturated carbocycles. The predicted molar refractivity (Wildman–Crippen MR) is 84.1 cm³/mol. The summed E-state index contributed by atoms with van der Waals surface area (Å²) < 4.78 is 5.15. The van der Waals surface area contributed by atoms with E-state index in [1.165, 1.54) is 6.42 Å². The van der Waals surface area contributed by atoms with Gasteiger partial charge in [-0.1, -0.05) is 31.9 Å². The van der Waals surface area contributed by atoms with E-state index in [-0.39, 0.29) is 11.9 Å². The molecule has 0 bridgehead atoms. The summed E-state index contributed by atoms with van der Waals surface area (Å²) in [6.07, 6.45) is 3.74. The maximum absolute atomic E-state index is 12.5. The largest absolute Gasteiger partial charge is 0.497 e. The van der Waals surface area contributed by atoms with Crippen molar-refractivity contribution in [2.75, 3.05) is 7.11 Å². The first-order valence-electron chi connectivity index (χ1n) is 7.68. The number of carbonyl (C=O) groups is 1. The van der Waals surface area contributed by atoms with Crippen molar-refractivity contribution in [2.45, 2.75) is 51.1 Å². The van der Waals surface area contributed by atoms with Gasteiger partial charge in [-0.3, -0.25) is 4.79 Å². The van der Waals surface area contributed by atoms with Crippen LogP contribution in [0.4, 0.5) is 0 Å². The molecule has 1 aromatic rings. The van der Waals surface area contributed by atoms with Crippen LogP contribution in [0.15, 0.2) is 24.3 Å². The molecule has 0 aliphatic heterocycles. The molecule has 0 spiro atoms. The molecule has 4 heteroatoms. The minimum Gasteiger partial charge on any atom is -0.497 e. The maximum atomic E-state index is 12.5. The second-order valence-corrected chi connectivity index (χ2v) is 6.33. The molecule has 1 amide bonds. The van der Waals surface area contributed by atoms with Crippen molar-refractivity contribution < 1.29 is 9.53 Å². The fraction of sp³-hybridized carbons (Fsp3) is 0.588. The topological polar surface area (TPSA) is 64.3 Å². The van der Waals surface area contributed by atoms with Gasteiger partial charge in [0.15, 0.2) is 0 Å². The average Bonchev–Trinajstić information content (AvgIpc) is 2.47. The Kier molecular flexibility index (Phi) is 4.88. The van der Waals surface area contributed by atoms with Gasteiger partial charge in [-0.15, -0.1) is 0 Å². The Morgan fingerprint density at radius 1 is 1.43 bits per heavy atom. The van der Waals surface area contributed by atoms with Crippen LogP contribution in [0, 0.1) is 5.92 Å². The van der Waals surface area contributed by atoms with Gasteiger partial charge in [0.1, 0.15) is 5.75 Å². The maximum Gasteiger partial charge on any atom is 0.240 e. The molecule has 1 aliphatic rings. The van der Waals surface area contributed by atoms with Gasteiger partial charge in [-0.25, -0.2) is 0 Å². The zero-order valence-electron chi connectivity index (χ0n) is 13.2. The fourth-order valence-corrected chi connectivity index (χ4v) is 3.11. The highest BCUT2D eigenvalue weighted by Crippen LogP contribution is 2.31. The van der Waals surface area contributed by atoms with Crippen LogP contribution in [0.1, 0.15) is 51.1 Å². The van der Waals surface area contributed by atoms with Crippen molar-refractivity contribution >= 4 is 5.91 Å². The summed E-state index contributed by atoms with van der Waals surface area (Å²) in [4.78, 5) is 12.5. The molecular weight excluding hydrogens is 264 g/mol. The van der Waals surface area contributed by atoms with Gasteiger partial charge < -0.3 is 15.8 Å². The quantitative estimate of drug-likeness (QED) is 0.896. The third-order valence-corrected chi connectivity index (χ3v) is 4.45. The molecule has 0 saturated heterocycles. The van der Waals surface area contributed by atoms with Gasteiger partial charge in [-0.05, 0) is 43.4 Å². The predicted octanol–water partition coefficient (Wildman–Crippen LogP) is 2.78. The van der Waals surface area contributed by atoms with Crippen LogP contribution < -0.4 is 15.8 Å². The third kappa shape index (κ3) is 3.76. The number of amides is 1. The van der Waals surface area contributed by atoms with E-state index in [1.807, 2.05) is 31.2 Å². The summed E-state index contributed by atoms with van der Waals surface area (Å²) in [5.74, 6) is 1.30. The molecular formula is C17H26N2O2. The Hall–Kier alpha value is -1.55. The summed E-state index contributed by atoms with van der Waals surface area (Å²) in [6.45, 7) is 4.15. The highest BCUT2D eigenvalue weighted by molar-refractivity contribution is 5.86. The fourth-order valence-electron chi connectivity index (χ4n) is 3.11. The van der Waals surface area contributed by atoms with Crippen LogP contribution in [0.2, 0.25) is 0 Å². The molecule has 1 aromatic carbocycles. The Labute approximate surface area is 127 Å². The van der Waals surface area contributed by atoms with Crippen LogP contribution in [0.5, 0.6) is 5.75 Å². The first kappa shape index (κ1) is 15.8. The van der Waals surface area contributed by atoms with Crippen molar-refractivity contribution in [2.24, 2.45) is 11.7 Å². The van der Waals surface area contributed by atoms with Crippen LogP contribution in [0.3, 0.4) is 0 Å². The zero-order valence-corrected chi connectivity index (χ0v) is 13.2. The molecule has 0 radical (unpaired) electrons. The summed E-state index contributed by atoms with van der Waals surface area (Å²) >= 11 is 0. The number of hydrogen-bond acceptors (Lipinski definition) is 3. The molecule has 1 aliphatic carbocycles. The van der Waals surface area contributed by atoms with Gasteiger partial charge in [0.25, 0.3) is 0 Å². The van der Waals surface area contributed by atoms with Crippen molar-refractivity contribution in [3.63, 3.8) is 0 Å². The second-order valence-electron chi connectivity index (χ2n) is 6.33. The highest BCUT2D eigenvalue weighted by Gasteiger charge is 2.38. The first-order valence-corrected chi connectivity index (χ1v) is 7.68. The van der Waals surface area contributed by atoms with E-state index in [9.17, 15) is 4.79 Å². The van der Waals surface area contributed by atoms with Gasteiger partial charge >= 0.3 is 0 Å². The Morgan fingerprint density at radius 2 is 2.10 bits per heavy atom. The number of hydrogen-bond donors (Lipinski definition) is 2. The van der Waals surface area contributed by atoms with E-state index in [0.29, 0.717) is 5.92 Å². The van der Waals surface area contributed by atoms with E-state index < -0.39 is 5.54 Å². The van der Waals surface area contributed by atoms with Gasteiger partial charge in [-0.2, -0.15) is 0 Å². The lowest BCUT2D eigenvalue weighted by Gasteiger charge is -2.36. The van der Waals surface area contributed by atoms with E-state index in [2.05, 4.69) is 12.2 Å². The number of ether oxygens (including phenoxy) is 1. The summed E-state index contributed by atoms with van der Waals surface area (Å²) in [5, 5.41) is 3.06. The van der Waals surface area contributed by atoms with Crippen molar-refractivity contribution in [1.29, 1.82) is 0 Å². The lowest BCUT2D eigenvalue weighted by Crippen LogP contribution is -2.56. The molecule has 21 heavy (non-hydrogen) atoms. The monoisotopic (exact) mass is 290 g/mol. The number of benzene rings is 1. The Morgan fingerprint density at radius 3 is 2.67 bits per heavy atom. The van der Waals surface area contributed by atoms with Crippen LogP contribution in [-0.2, 0) is 4.79 Å². The molecule has 116 valence electrons. The summed E-state index contributed by atoms with van der Waals surface area (Å²) in [7, 11) is 1.64. The Bertz CT molecular complexity index is 486. The molecule has 0 aromatic heterocycles. The first-order chi connectivity index (χ1) is 9.94. The molecule has 4 nitrogen and oxygen atoms in total. The zero-order chi connectivity index (χ0) is 15.5. The molecule has 2 unspecified atom stereocenters. The lowest BCUT2D eigenvalue weighted by molar-refractivity contribution is -0.128. The van der Waals surface area contributed by atoms with Crippen LogP contribution in [-0.4, -0.2) is 18.6 Å². The minimum absolute atomic E-state index is 0.0302. The number of nitrogens with one attached hydrogen (secondary N) is 1. The van der Waals surface area contributed by atoms with E-state index >= 15 is 0 Å². The smallest absolute Gasteiger partial charge is 0.240 e. The number of carbonyl (C=O) groups excluding carboxylic acids is 1. The van der Waals surface area contributed by atoms with Gasteiger partial charge in [0, 0.05) is 0 Å². The number of nitrogens with two attached hydrogens (primary N) is 1. The van der Waals surface area contributed by atoms with E-state index in [1.54, 1.807) is 7.11 Å². The molecule has 2 rings (SSSR count). The number of rotatable bonds is 4. The highest BCUT2D eigenvalue weighted by atomic mass is 16.5. The van der Waals surface area contributed by atoms with Crippen molar-refractivity contribution in [1.82, 2.24) is 5.32 Å². The lowest BCUT2D eigenvalue weighted by atomic mass is 9.76. The molecule has 1 fully saturated rings. The Balaban J connectivity index is 2.00. The van der Waals surface area contributed by atoms with E-state index in [4.69, 9.17) is 10.5 Å². The average molecular weight is 290 g/mol. The minimum atomic E-state index is -0.710. The van der Waals surface area contributed by atoms with Gasteiger partial charge in [0.05, 0.1) is 18.7 Å². The molecule has 3 N–H and O–H groups in total. The van der Waals surface area contributed by atoms with E-state index in [0.717, 1.165) is 30.6 Å². The third-order valence-electron chi connectivity index (χ3n) is 4.45. The van der Waals surface area contributed by atoms with Crippen molar-refractivity contribution in [3.05, 3.63) is 29.8 Å². The summed E-state index contributed by atoms with van der Waals surface area (Å²) in [6, 6.07) is 7.69. The van der Waals surface area contributed by atoms with Crippen LogP contribution in [0.25, 0.3) is 0 Å². The molecule has 0 heterocycles. The second kappa shape index (κ2) is 6.48. The van der Waals surface area contributed by atoms with Crippen LogP contribution >= 0.6 is 0 Å². The molecule has 3 atom stereocenters. The standard InChI is InChI=1S/C17H26N2O2/c1-12-5-4-10-17(18,11-12)16(20)19-13(2)14-6-8-15(21-3)9-7-14/h6-9,12-13H,4-5,10-11,18H2,1-3H3,(H,19,20)/t12?,13-,17?/m1/s1. The van der Waals surface area contributed by atoms with Gasteiger partial charge in [0.2, 0.25) is 5.91 Å². The normalized spacial score (nSPS) is 27.0. The van der Waals surface area contributed by atoms with Crippen molar-refractivity contribution in [3.8, 4) is 5.75 Å².